The van der Waals surface area contributed by atoms with Crippen molar-refractivity contribution in [3.8, 4) is 0 Å². The van der Waals surface area contributed by atoms with Crippen LogP contribution in [0.15, 0.2) is 29.3 Å². The normalized spacial score (nSPS) is 12.5. The molecule has 0 aliphatic carbocycles. The minimum absolute atomic E-state index is 0. The number of rotatable bonds is 4. The van der Waals surface area contributed by atoms with E-state index in [1.54, 1.807) is 12.1 Å². The molecule has 2 aromatic heterocycles. The number of aromatic nitrogens is 4. The largest absolute Gasteiger partial charge is 1.00 e. The molecule has 0 aliphatic heterocycles. The smallest absolute Gasteiger partial charge is 0.748 e. The zero-order chi connectivity index (χ0) is 17.5. The van der Waals surface area contributed by atoms with Gasteiger partial charge in [-0.15, -0.1) is 22.0 Å². The van der Waals surface area contributed by atoms with Crippen LogP contribution >= 0.6 is 11.8 Å². The third kappa shape index (κ3) is 4.44. The van der Waals surface area contributed by atoms with Crippen molar-refractivity contribution in [1.29, 1.82) is 0 Å². The molecular formula is C12H8F3N4NaO3S2. The Morgan fingerprint density at radius 1 is 1.20 bits per heavy atom. The van der Waals surface area contributed by atoms with Crippen LogP contribution in [0.2, 0.25) is 0 Å². The Morgan fingerprint density at radius 2 is 1.88 bits per heavy atom. The average Bonchev–Trinajstić information content (AvgIpc) is 2.91. The minimum atomic E-state index is -4.72. The molecule has 7 nitrogen and oxygen atoms in total. The van der Waals surface area contributed by atoms with E-state index in [2.05, 4.69) is 15.2 Å². The molecular weight excluding hydrogens is 392 g/mol. The minimum Gasteiger partial charge on any atom is -0.748 e. The van der Waals surface area contributed by atoms with Crippen LogP contribution < -0.4 is 29.6 Å². The fourth-order valence-electron chi connectivity index (χ4n) is 2.08. The average molecular weight is 400 g/mol. The molecule has 0 saturated carbocycles. The van der Waals surface area contributed by atoms with Gasteiger partial charge in [-0.25, -0.2) is 13.4 Å². The van der Waals surface area contributed by atoms with E-state index in [-0.39, 0.29) is 57.0 Å². The summed E-state index contributed by atoms with van der Waals surface area (Å²) >= 11 is 0.835. The van der Waals surface area contributed by atoms with Crippen molar-refractivity contribution in [2.45, 2.75) is 11.2 Å². The maximum Gasteiger partial charge on any atom is 1.00 e. The number of halogens is 3. The number of hydrogen-bond acceptors (Lipinski definition) is 7. The molecule has 128 valence electrons. The van der Waals surface area contributed by atoms with Gasteiger partial charge < -0.3 is 4.55 Å². The van der Waals surface area contributed by atoms with Crippen molar-refractivity contribution < 1.29 is 55.7 Å². The number of thioether (sulfide) groups is 1. The van der Waals surface area contributed by atoms with Gasteiger partial charge in [0, 0.05) is 11.5 Å². The molecule has 0 N–H and O–H groups in total. The number of hydrogen-bond donors (Lipinski definition) is 0. The zero-order valence-corrected chi connectivity index (χ0v) is 16.3. The zero-order valence-electron chi connectivity index (χ0n) is 12.7. The number of alkyl halides is 3. The maximum atomic E-state index is 13.1. The molecule has 0 atom stereocenters. The summed E-state index contributed by atoms with van der Waals surface area (Å²) in [6.07, 6.45) is -4.72. The Labute approximate surface area is 166 Å². The van der Waals surface area contributed by atoms with Gasteiger partial charge in [0.2, 0.25) is 5.82 Å². The van der Waals surface area contributed by atoms with Crippen molar-refractivity contribution in [1.82, 2.24) is 19.6 Å². The summed E-state index contributed by atoms with van der Waals surface area (Å²) in [5, 5.41) is 6.79. The molecule has 0 aliphatic rings. The van der Waals surface area contributed by atoms with E-state index in [0.717, 1.165) is 16.2 Å². The number of fused-ring (bicyclic) bond motifs is 3. The number of nitrogens with zero attached hydrogens (tertiary/aromatic N) is 4. The molecule has 0 radical (unpaired) electrons. The van der Waals surface area contributed by atoms with Gasteiger partial charge >= 0.3 is 35.7 Å². The Kier molecular flexibility index (Phi) is 6.01. The Hall–Kier alpha value is -0.920. The molecule has 3 aromatic rings. The molecule has 0 bridgehead atoms. The van der Waals surface area contributed by atoms with Gasteiger partial charge in [0.25, 0.3) is 0 Å². The predicted molar refractivity (Wildman–Crippen MR) is 78.6 cm³/mol. The molecule has 0 fully saturated rings. The summed E-state index contributed by atoms with van der Waals surface area (Å²) in [4.78, 5) is 4.19. The number of para-hydroxylation sites is 2. The fraction of sp³-hybridized carbons (Fsp3) is 0.250. The first-order chi connectivity index (χ1) is 11.2. The van der Waals surface area contributed by atoms with E-state index in [1.165, 1.54) is 12.1 Å². The van der Waals surface area contributed by atoms with Gasteiger partial charge in [0.15, 0.2) is 5.65 Å². The molecule has 25 heavy (non-hydrogen) atoms. The molecule has 0 spiro atoms. The van der Waals surface area contributed by atoms with E-state index in [0.29, 0.717) is 0 Å². The van der Waals surface area contributed by atoms with Crippen molar-refractivity contribution >= 4 is 38.6 Å². The van der Waals surface area contributed by atoms with Gasteiger partial charge in [-0.1, -0.05) is 12.1 Å². The van der Waals surface area contributed by atoms with Crippen LogP contribution in [0.1, 0.15) is 5.82 Å². The van der Waals surface area contributed by atoms with Crippen molar-refractivity contribution in [2.24, 2.45) is 0 Å². The maximum absolute atomic E-state index is 13.1. The van der Waals surface area contributed by atoms with Crippen LogP contribution in [0.3, 0.4) is 0 Å². The second kappa shape index (κ2) is 7.37. The van der Waals surface area contributed by atoms with Crippen molar-refractivity contribution in [2.75, 3.05) is 11.5 Å². The van der Waals surface area contributed by atoms with E-state index >= 15 is 0 Å². The van der Waals surface area contributed by atoms with Gasteiger partial charge in [-0.3, -0.25) is 4.40 Å². The van der Waals surface area contributed by atoms with E-state index in [9.17, 15) is 26.1 Å². The quantitative estimate of drug-likeness (QED) is 0.313. The first-order valence-electron chi connectivity index (χ1n) is 6.44. The van der Waals surface area contributed by atoms with Gasteiger partial charge in [0.05, 0.1) is 21.2 Å². The van der Waals surface area contributed by atoms with Crippen LogP contribution in [-0.2, 0) is 16.3 Å². The Morgan fingerprint density at radius 3 is 2.52 bits per heavy atom. The van der Waals surface area contributed by atoms with Crippen molar-refractivity contribution in [3.05, 3.63) is 30.1 Å². The van der Waals surface area contributed by atoms with Crippen LogP contribution in [0.4, 0.5) is 13.2 Å². The summed E-state index contributed by atoms with van der Waals surface area (Å²) in [6.45, 7) is 0. The van der Waals surface area contributed by atoms with Crippen molar-refractivity contribution in [3.63, 3.8) is 0 Å². The first kappa shape index (κ1) is 20.4. The van der Waals surface area contributed by atoms with Gasteiger partial charge in [-0.05, 0) is 12.1 Å². The third-order valence-electron chi connectivity index (χ3n) is 3.02. The third-order valence-corrected chi connectivity index (χ3v) is 4.94. The molecule has 1 aromatic carbocycles. The Balaban J connectivity index is 0.00000225. The standard InChI is InChI=1S/C12H9F3N4O3S2.Na/c13-12(14,15)11-18-17-9-10(23-5-6-24(20,21)22)16-7-3-1-2-4-8(7)19(9)11;/h1-4H,5-6H2,(H,20,21,22);/q;+1/p-1. The second-order valence-electron chi connectivity index (χ2n) is 4.70. The monoisotopic (exact) mass is 400 g/mol. The van der Waals surface area contributed by atoms with E-state index in [4.69, 9.17) is 0 Å². The van der Waals surface area contributed by atoms with Gasteiger partial charge in [-0.2, -0.15) is 13.2 Å². The topological polar surface area (TPSA) is 100 Å². The van der Waals surface area contributed by atoms with Gasteiger partial charge in [0.1, 0.15) is 5.03 Å². The van der Waals surface area contributed by atoms with Crippen LogP contribution in [0.25, 0.3) is 16.7 Å². The molecule has 3 rings (SSSR count). The van der Waals surface area contributed by atoms with Crippen LogP contribution in [-0.4, -0.2) is 44.1 Å². The molecule has 0 amide bonds. The SMILES string of the molecule is O=S(=O)([O-])CCSc1nc2ccccc2n2c(C(F)(F)F)nnc12.[Na+]. The first-order valence-corrected chi connectivity index (χ1v) is 9.00. The van der Waals surface area contributed by atoms with Crippen LogP contribution in [0.5, 0.6) is 0 Å². The molecule has 0 saturated heterocycles. The summed E-state index contributed by atoms with van der Waals surface area (Å²) < 4.78 is 72.3. The second-order valence-corrected chi connectivity index (χ2v) is 7.30. The fourth-order valence-corrected chi connectivity index (χ4v) is 3.85. The molecule has 2 heterocycles. The van der Waals surface area contributed by atoms with E-state index < -0.39 is 27.9 Å². The predicted octanol–water partition coefficient (Wildman–Crippen LogP) is -1.06. The Bertz CT molecular complexity index is 1020. The summed E-state index contributed by atoms with van der Waals surface area (Å²) in [6, 6.07) is 6.13. The molecule has 13 heteroatoms. The van der Waals surface area contributed by atoms with E-state index in [1.807, 2.05) is 0 Å². The van der Waals surface area contributed by atoms with Crippen LogP contribution in [0, 0.1) is 0 Å². The molecule has 0 unspecified atom stereocenters. The summed E-state index contributed by atoms with van der Waals surface area (Å²) in [7, 11) is -4.43. The summed E-state index contributed by atoms with van der Waals surface area (Å²) in [5.41, 5.74) is 0.294. The number of benzene rings is 1. The summed E-state index contributed by atoms with van der Waals surface area (Å²) in [5.74, 6) is -2.02.